The van der Waals surface area contributed by atoms with Gasteiger partial charge in [0.15, 0.2) is 5.75 Å². The Morgan fingerprint density at radius 1 is 1.14 bits per heavy atom. The number of anilines is 1. The molecule has 0 radical (unpaired) electrons. The fourth-order valence-electron chi connectivity index (χ4n) is 2.97. The molecule has 0 aliphatic carbocycles. The molecule has 14 heteroatoms. The lowest BCUT2D eigenvalue weighted by Crippen LogP contribution is -2.36. The number of nitrogens with one attached hydrogen (secondary N) is 3. The summed E-state index contributed by atoms with van der Waals surface area (Å²) in [6, 6.07) is 4.12. The van der Waals surface area contributed by atoms with Crippen LogP contribution < -0.4 is 26.9 Å². The number of carbonyl (C=O) groups excluding carboxylic acids is 1. The number of amides is 1. The number of ether oxygens (including phenoxy) is 2. The summed E-state index contributed by atoms with van der Waals surface area (Å²) in [4.78, 5) is 50.7. The molecule has 3 N–H and O–H groups in total. The number of rotatable bonds is 6. The zero-order valence-corrected chi connectivity index (χ0v) is 21.6. The Balaban J connectivity index is 1.96. The lowest BCUT2D eigenvalue weighted by Gasteiger charge is -2.19. The number of nitrogens with zero attached hydrogens (tertiary/aromatic N) is 3. The SMILES string of the molecule is CC[C@@H](C)c1cc(Oc2c(Cl)cc(-n3nc(NC(=O)OC(C)(C)C)c(=O)[nH]c3=O)cc2Cl)n[nH]c1=O. The van der Waals surface area contributed by atoms with Gasteiger partial charge < -0.3 is 9.47 Å². The van der Waals surface area contributed by atoms with E-state index >= 15 is 0 Å². The predicted octanol–water partition coefficient (Wildman–Crippen LogP) is 3.96. The highest BCUT2D eigenvalue weighted by atomic mass is 35.5. The Morgan fingerprint density at radius 2 is 1.78 bits per heavy atom. The summed E-state index contributed by atoms with van der Waals surface area (Å²) in [6.45, 7) is 8.77. The predicted molar refractivity (Wildman–Crippen MR) is 134 cm³/mol. The van der Waals surface area contributed by atoms with E-state index in [-0.39, 0.29) is 38.8 Å². The fraction of sp³-hybridized carbons (Fsp3) is 0.364. The van der Waals surface area contributed by atoms with Crippen molar-refractivity contribution in [3.63, 3.8) is 0 Å². The summed E-state index contributed by atoms with van der Waals surface area (Å²) in [5.41, 5.74) is -2.43. The largest absolute Gasteiger partial charge is 0.444 e. The van der Waals surface area contributed by atoms with Gasteiger partial charge in [0.25, 0.3) is 11.1 Å². The van der Waals surface area contributed by atoms with Crippen LogP contribution in [0.2, 0.25) is 10.0 Å². The normalized spacial score (nSPS) is 12.2. The third kappa shape index (κ3) is 6.32. The Morgan fingerprint density at radius 3 is 2.36 bits per heavy atom. The van der Waals surface area contributed by atoms with Gasteiger partial charge in [0.2, 0.25) is 11.7 Å². The molecule has 3 aromatic rings. The van der Waals surface area contributed by atoms with Gasteiger partial charge in [-0.2, -0.15) is 4.68 Å². The van der Waals surface area contributed by atoms with Crippen LogP contribution in [0, 0.1) is 0 Å². The molecule has 2 heterocycles. The lowest BCUT2D eigenvalue weighted by molar-refractivity contribution is 0.0634. The number of hydrogen-bond donors (Lipinski definition) is 3. The van der Waals surface area contributed by atoms with Crippen molar-refractivity contribution < 1.29 is 14.3 Å². The number of H-pyrrole nitrogens is 2. The van der Waals surface area contributed by atoms with E-state index in [0.717, 1.165) is 11.1 Å². The number of halogens is 2. The average Bonchev–Trinajstić information content (AvgIpc) is 2.77. The van der Waals surface area contributed by atoms with Gasteiger partial charge >= 0.3 is 11.8 Å². The van der Waals surface area contributed by atoms with Crippen LogP contribution in [0.3, 0.4) is 0 Å². The zero-order chi connectivity index (χ0) is 26.8. The molecule has 1 atom stereocenters. The smallest absolute Gasteiger partial charge is 0.413 e. The Hall–Kier alpha value is -3.64. The first-order valence-electron chi connectivity index (χ1n) is 10.8. The molecule has 0 aliphatic heterocycles. The summed E-state index contributed by atoms with van der Waals surface area (Å²) < 4.78 is 11.6. The summed E-state index contributed by atoms with van der Waals surface area (Å²) in [5.74, 6) is -0.438. The highest BCUT2D eigenvalue weighted by molar-refractivity contribution is 6.37. The molecular formula is C22H24Cl2N6O6. The van der Waals surface area contributed by atoms with Crippen LogP contribution in [0.5, 0.6) is 11.6 Å². The van der Waals surface area contributed by atoms with E-state index in [1.54, 1.807) is 20.8 Å². The first-order valence-corrected chi connectivity index (χ1v) is 11.5. The zero-order valence-electron chi connectivity index (χ0n) is 20.1. The fourth-order valence-corrected chi connectivity index (χ4v) is 3.52. The second kappa shape index (κ2) is 10.5. The molecule has 0 bridgehead atoms. The molecular weight excluding hydrogens is 515 g/mol. The molecule has 0 saturated carbocycles. The van der Waals surface area contributed by atoms with Crippen molar-refractivity contribution in [3.8, 4) is 17.3 Å². The Labute approximate surface area is 214 Å². The minimum atomic E-state index is -0.935. The van der Waals surface area contributed by atoms with Crippen molar-refractivity contribution in [2.45, 2.75) is 52.6 Å². The van der Waals surface area contributed by atoms with E-state index in [9.17, 15) is 19.2 Å². The van der Waals surface area contributed by atoms with Gasteiger partial charge in [-0.1, -0.05) is 37.0 Å². The first kappa shape index (κ1) is 27.0. The monoisotopic (exact) mass is 538 g/mol. The second-order valence-electron chi connectivity index (χ2n) is 8.79. The molecule has 0 aliphatic rings. The standard InChI is InChI=1S/C22H24Cl2N6O6/c1-6-10(2)12-9-15(27-28-18(12)31)35-16-13(23)7-11(8-14(16)24)30-20(33)26-19(32)17(29-30)25-21(34)36-22(3,4)5/h7-10H,6H2,1-5H3,(H,28,31)(H,25,29,34)(H,26,32,33)/t10-/m1/s1. The van der Waals surface area contributed by atoms with Gasteiger partial charge in [0.05, 0.1) is 15.7 Å². The van der Waals surface area contributed by atoms with Crippen molar-refractivity contribution >= 4 is 35.1 Å². The molecule has 36 heavy (non-hydrogen) atoms. The Kier molecular flexibility index (Phi) is 7.89. The average molecular weight is 539 g/mol. The quantitative estimate of drug-likeness (QED) is 0.424. The summed E-state index contributed by atoms with van der Waals surface area (Å²) in [6.07, 6.45) is -0.204. The van der Waals surface area contributed by atoms with E-state index in [0.29, 0.717) is 5.56 Å². The lowest BCUT2D eigenvalue weighted by atomic mass is 10.0. The topological polar surface area (TPSA) is 161 Å². The maximum absolute atomic E-state index is 12.4. The number of hydrogen-bond acceptors (Lipinski definition) is 8. The number of benzene rings is 1. The van der Waals surface area contributed by atoms with Gasteiger partial charge in [-0.25, -0.2) is 14.7 Å². The van der Waals surface area contributed by atoms with E-state index < -0.39 is 28.8 Å². The second-order valence-corrected chi connectivity index (χ2v) is 9.60. The van der Waals surface area contributed by atoms with E-state index in [1.807, 2.05) is 13.8 Å². The minimum Gasteiger partial charge on any atom is -0.444 e. The highest BCUT2D eigenvalue weighted by Crippen LogP contribution is 2.37. The van der Waals surface area contributed by atoms with Crippen molar-refractivity contribution in [2.24, 2.45) is 0 Å². The summed E-state index contributed by atoms with van der Waals surface area (Å²) in [7, 11) is 0. The Bertz CT molecular complexity index is 1450. The van der Waals surface area contributed by atoms with Gasteiger partial charge in [0.1, 0.15) is 5.60 Å². The van der Waals surface area contributed by atoms with E-state index in [2.05, 4.69) is 25.6 Å². The molecule has 2 aromatic heterocycles. The van der Waals surface area contributed by atoms with E-state index in [1.165, 1.54) is 18.2 Å². The number of carbonyl (C=O) groups is 1. The van der Waals surface area contributed by atoms with Crippen LogP contribution in [-0.2, 0) is 4.74 Å². The summed E-state index contributed by atoms with van der Waals surface area (Å²) >= 11 is 12.7. The molecule has 0 saturated heterocycles. The molecule has 1 aromatic carbocycles. The van der Waals surface area contributed by atoms with Crippen LogP contribution in [0.15, 0.2) is 32.6 Å². The van der Waals surface area contributed by atoms with Crippen LogP contribution in [0.25, 0.3) is 5.69 Å². The maximum Gasteiger partial charge on any atom is 0.413 e. The molecule has 192 valence electrons. The van der Waals surface area contributed by atoms with Crippen molar-refractivity contribution in [1.82, 2.24) is 25.0 Å². The van der Waals surface area contributed by atoms with E-state index in [4.69, 9.17) is 32.7 Å². The van der Waals surface area contributed by atoms with Gasteiger partial charge in [0, 0.05) is 11.6 Å². The third-order valence-corrected chi connectivity index (χ3v) is 5.40. The molecule has 0 spiro atoms. The third-order valence-electron chi connectivity index (χ3n) is 4.83. The van der Waals surface area contributed by atoms with Gasteiger partial charge in [-0.05, 0) is 45.2 Å². The summed E-state index contributed by atoms with van der Waals surface area (Å²) in [5, 5.41) is 12.3. The molecule has 12 nitrogen and oxygen atoms in total. The van der Waals surface area contributed by atoms with Crippen molar-refractivity contribution in [3.05, 3.63) is 65.0 Å². The maximum atomic E-state index is 12.4. The molecule has 0 unspecified atom stereocenters. The van der Waals surface area contributed by atoms with Crippen LogP contribution in [0.4, 0.5) is 10.6 Å². The molecule has 3 rings (SSSR count). The van der Waals surface area contributed by atoms with Crippen molar-refractivity contribution in [1.29, 1.82) is 0 Å². The first-order chi connectivity index (χ1) is 16.8. The van der Waals surface area contributed by atoms with Gasteiger partial charge in [-0.3, -0.25) is 19.9 Å². The molecule has 1 amide bonds. The van der Waals surface area contributed by atoms with Crippen LogP contribution >= 0.6 is 23.2 Å². The highest BCUT2D eigenvalue weighted by Gasteiger charge is 2.20. The van der Waals surface area contributed by atoms with Crippen LogP contribution in [0.1, 0.15) is 52.5 Å². The van der Waals surface area contributed by atoms with Gasteiger partial charge in [-0.15, -0.1) is 10.2 Å². The number of aromatic nitrogens is 5. The number of aromatic amines is 2. The molecule has 0 fully saturated rings. The van der Waals surface area contributed by atoms with Crippen LogP contribution in [-0.4, -0.2) is 36.7 Å². The van der Waals surface area contributed by atoms with Crippen molar-refractivity contribution in [2.75, 3.05) is 5.32 Å². The minimum absolute atomic E-state index is 0.0151.